The van der Waals surface area contributed by atoms with Gasteiger partial charge in [0.15, 0.2) is 5.60 Å². The largest absolute Gasteiger partial charge is 0.437 e. The van der Waals surface area contributed by atoms with E-state index in [1.165, 1.54) is 24.3 Å². The van der Waals surface area contributed by atoms with Crippen molar-refractivity contribution >= 4 is 17.8 Å². The van der Waals surface area contributed by atoms with Crippen LogP contribution in [-0.4, -0.2) is 76.1 Å². The zero-order valence-corrected chi connectivity index (χ0v) is 15.9. The first-order valence-corrected chi connectivity index (χ1v) is 9.54. The fraction of sp³-hybridized carbons (Fsp3) is 0.400. The second-order valence-electron chi connectivity index (χ2n) is 7.72. The summed E-state index contributed by atoms with van der Waals surface area (Å²) in [6, 6.07) is 7.14. The van der Waals surface area contributed by atoms with Crippen molar-refractivity contribution in [2.75, 3.05) is 37.6 Å². The standard InChI is InChI=1S/C20H20FN5O3/c1-13-22-7-6-17(23-13)25-11-20(12-25)16-10-24(8-9-26(16)19(28)29-20)18(27)14-2-4-15(21)5-3-14/h2-7,16H,8-12H2,1H3. The SMILES string of the molecule is Cc1nccc(N2CC3(C2)OC(=O)N2CCN(C(=O)c4ccc(F)cc4)CC23)n1. The topological polar surface area (TPSA) is 78.9 Å². The molecule has 1 atom stereocenters. The number of benzene rings is 1. The van der Waals surface area contributed by atoms with Crippen LogP contribution < -0.4 is 4.90 Å². The summed E-state index contributed by atoms with van der Waals surface area (Å²) in [4.78, 5) is 39.3. The van der Waals surface area contributed by atoms with Crippen molar-refractivity contribution < 1.29 is 18.7 Å². The number of amides is 2. The number of aryl methyl sites for hydroxylation is 1. The lowest BCUT2D eigenvalue weighted by Crippen LogP contribution is -2.71. The number of piperazine rings is 1. The minimum atomic E-state index is -0.655. The van der Waals surface area contributed by atoms with Gasteiger partial charge in [-0.25, -0.2) is 19.2 Å². The number of fused-ring (bicyclic) bond motifs is 2. The van der Waals surface area contributed by atoms with Crippen LogP contribution >= 0.6 is 0 Å². The molecule has 5 rings (SSSR count). The van der Waals surface area contributed by atoms with Crippen LogP contribution in [0.4, 0.5) is 15.0 Å². The van der Waals surface area contributed by atoms with Crippen molar-refractivity contribution in [2.24, 2.45) is 0 Å². The highest BCUT2D eigenvalue weighted by atomic mass is 19.1. The van der Waals surface area contributed by atoms with E-state index in [2.05, 4.69) is 9.97 Å². The first kappa shape index (κ1) is 17.8. The molecule has 0 bridgehead atoms. The van der Waals surface area contributed by atoms with E-state index in [1.54, 1.807) is 16.0 Å². The van der Waals surface area contributed by atoms with Crippen molar-refractivity contribution in [1.82, 2.24) is 19.8 Å². The third kappa shape index (κ3) is 2.88. The molecule has 1 unspecified atom stereocenters. The number of carbonyl (C=O) groups excluding carboxylic acids is 2. The Morgan fingerprint density at radius 1 is 1.21 bits per heavy atom. The average Bonchev–Trinajstić information content (AvgIpc) is 2.99. The number of rotatable bonds is 2. The molecule has 3 aliphatic rings. The third-order valence-corrected chi connectivity index (χ3v) is 5.89. The predicted octanol–water partition coefficient (Wildman–Crippen LogP) is 1.46. The highest BCUT2D eigenvalue weighted by molar-refractivity contribution is 5.94. The van der Waals surface area contributed by atoms with E-state index in [0.717, 1.165) is 5.82 Å². The van der Waals surface area contributed by atoms with E-state index in [1.807, 2.05) is 17.9 Å². The average molecular weight is 397 g/mol. The summed E-state index contributed by atoms with van der Waals surface area (Å²) in [6.45, 7) is 4.11. The maximum absolute atomic E-state index is 13.2. The van der Waals surface area contributed by atoms with Crippen molar-refractivity contribution in [3.05, 3.63) is 53.7 Å². The van der Waals surface area contributed by atoms with Crippen LogP contribution in [0.5, 0.6) is 0 Å². The Balaban J connectivity index is 1.33. The highest BCUT2D eigenvalue weighted by Crippen LogP contribution is 2.41. The molecule has 4 heterocycles. The zero-order chi connectivity index (χ0) is 20.2. The van der Waals surface area contributed by atoms with E-state index in [4.69, 9.17) is 4.74 Å². The molecule has 9 heteroatoms. The molecule has 0 saturated carbocycles. The predicted molar refractivity (Wildman–Crippen MR) is 101 cm³/mol. The molecule has 1 spiro atoms. The highest BCUT2D eigenvalue weighted by Gasteiger charge is 2.62. The summed E-state index contributed by atoms with van der Waals surface area (Å²) in [7, 11) is 0. The summed E-state index contributed by atoms with van der Waals surface area (Å²) in [6.07, 6.45) is 1.38. The normalized spacial score (nSPS) is 22.3. The van der Waals surface area contributed by atoms with E-state index in [-0.39, 0.29) is 23.9 Å². The fourth-order valence-electron chi connectivity index (χ4n) is 4.37. The lowest BCUT2D eigenvalue weighted by Gasteiger charge is -2.51. The molecule has 0 aliphatic carbocycles. The molecule has 8 nitrogen and oxygen atoms in total. The molecule has 0 N–H and O–H groups in total. The zero-order valence-electron chi connectivity index (χ0n) is 15.9. The molecule has 2 aromatic rings. The van der Waals surface area contributed by atoms with Crippen molar-refractivity contribution in [2.45, 2.75) is 18.6 Å². The van der Waals surface area contributed by atoms with Gasteiger partial charge in [-0.15, -0.1) is 0 Å². The van der Waals surface area contributed by atoms with Gasteiger partial charge in [-0.3, -0.25) is 9.69 Å². The number of aromatic nitrogens is 2. The number of hydrogen-bond donors (Lipinski definition) is 0. The first-order valence-electron chi connectivity index (χ1n) is 9.54. The van der Waals surface area contributed by atoms with Crippen LogP contribution in [0, 0.1) is 12.7 Å². The van der Waals surface area contributed by atoms with Gasteiger partial charge in [0.1, 0.15) is 17.5 Å². The van der Waals surface area contributed by atoms with E-state index in [0.29, 0.717) is 44.1 Å². The van der Waals surface area contributed by atoms with Crippen LogP contribution in [0.1, 0.15) is 16.2 Å². The molecule has 1 aromatic heterocycles. The minimum absolute atomic E-state index is 0.165. The Hall–Kier alpha value is -3.23. The van der Waals surface area contributed by atoms with Gasteiger partial charge in [-0.2, -0.15) is 0 Å². The molecule has 3 saturated heterocycles. The van der Waals surface area contributed by atoms with Gasteiger partial charge in [-0.1, -0.05) is 0 Å². The summed E-state index contributed by atoms with van der Waals surface area (Å²) in [5, 5.41) is 0. The van der Waals surface area contributed by atoms with Crippen LogP contribution in [-0.2, 0) is 4.74 Å². The Labute approximate surface area is 166 Å². The Morgan fingerprint density at radius 2 is 1.97 bits per heavy atom. The maximum atomic E-state index is 13.2. The molecular weight excluding hydrogens is 377 g/mol. The number of nitrogens with zero attached hydrogens (tertiary/aromatic N) is 5. The first-order chi connectivity index (χ1) is 13.9. The van der Waals surface area contributed by atoms with Crippen LogP contribution in [0.25, 0.3) is 0 Å². The van der Waals surface area contributed by atoms with Crippen LogP contribution in [0.3, 0.4) is 0 Å². The molecular formula is C20H20FN5O3. The lowest BCUT2D eigenvalue weighted by molar-refractivity contribution is -0.00671. The molecule has 150 valence electrons. The number of anilines is 1. The summed E-state index contributed by atoms with van der Waals surface area (Å²) < 4.78 is 18.9. The molecule has 2 amide bonds. The summed E-state index contributed by atoms with van der Waals surface area (Å²) >= 11 is 0. The summed E-state index contributed by atoms with van der Waals surface area (Å²) in [5.41, 5.74) is -0.219. The van der Waals surface area contributed by atoms with Gasteiger partial charge in [-0.05, 0) is 37.3 Å². The monoisotopic (exact) mass is 397 g/mol. The molecule has 1 aromatic carbocycles. The van der Waals surface area contributed by atoms with Gasteiger partial charge in [0, 0.05) is 31.4 Å². The number of ether oxygens (including phenoxy) is 1. The Morgan fingerprint density at radius 3 is 2.69 bits per heavy atom. The summed E-state index contributed by atoms with van der Waals surface area (Å²) in [5.74, 6) is 0.936. The van der Waals surface area contributed by atoms with E-state index < -0.39 is 5.60 Å². The quantitative estimate of drug-likeness (QED) is 0.764. The van der Waals surface area contributed by atoms with Crippen molar-refractivity contribution in [3.8, 4) is 0 Å². The third-order valence-electron chi connectivity index (χ3n) is 5.89. The van der Waals surface area contributed by atoms with Gasteiger partial charge in [0.05, 0.1) is 19.1 Å². The second-order valence-corrected chi connectivity index (χ2v) is 7.72. The van der Waals surface area contributed by atoms with Gasteiger partial charge in [0.25, 0.3) is 5.91 Å². The minimum Gasteiger partial charge on any atom is -0.437 e. The second kappa shape index (κ2) is 6.40. The van der Waals surface area contributed by atoms with Gasteiger partial charge in [0.2, 0.25) is 0 Å². The van der Waals surface area contributed by atoms with Crippen molar-refractivity contribution in [1.29, 1.82) is 0 Å². The lowest BCUT2D eigenvalue weighted by atomic mass is 9.84. The molecule has 3 aliphatic heterocycles. The number of carbonyl (C=O) groups is 2. The van der Waals surface area contributed by atoms with E-state index >= 15 is 0 Å². The molecule has 0 radical (unpaired) electrons. The maximum Gasteiger partial charge on any atom is 0.411 e. The Bertz CT molecular complexity index is 976. The number of hydrogen-bond acceptors (Lipinski definition) is 6. The van der Waals surface area contributed by atoms with Gasteiger partial charge >= 0.3 is 6.09 Å². The fourth-order valence-corrected chi connectivity index (χ4v) is 4.37. The van der Waals surface area contributed by atoms with Crippen LogP contribution in [0.2, 0.25) is 0 Å². The molecule has 29 heavy (non-hydrogen) atoms. The number of halogens is 1. The van der Waals surface area contributed by atoms with E-state index in [9.17, 15) is 14.0 Å². The smallest absolute Gasteiger partial charge is 0.411 e. The Kier molecular flexibility index (Phi) is 3.94. The molecule has 3 fully saturated rings. The van der Waals surface area contributed by atoms with Crippen LogP contribution in [0.15, 0.2) is 36.5 Å². The van der Waals surface area contributed by atoms with Crippen molar-refractivity contribution in [3.63, 3.8) is 0 Å². The van der Waals surface area contributed by atoms with Gasteiger partial charge < -0.3 is 14.5 Å².